The Bertz CT molecular complexity index is 1030. The number of alkyl carbamates (subject to hydrolysis) is 2. The topological polar surface area (TPSA) is 135 Å². The van der Waals surface area contributed by atoms with Gasteiger partial charge in [0, 0.05) is 13.1 Å². The van der Waals surface area contributed by atoms with Crippen molar-refractivity contribution >= 4 is 24.0 Å². The minimum atomic E-state index is -0.697. The summed E-state index contributed by atoms with van der Waals surface area (Å²) in [6.07, 6.45) is 2.38. The smallest absolute Gasteiger partial charge is 0.408 e. The molecule has 0 saturated heterocycles. The molecule has 10 heteroatoms. The molecule has 0 aliphatic heterocycles. The number of carbonyl (C=O) groups excluding carboxylic acids is 4. The van der Waals surface area contributed by atoms with Crippen molar-refractivity contribution < 1.29 is 28.7 Å². The van der Waals surface area contributed by atoms with E-state index in [1.807, 2.05) is 88.4 Å². The number of hydrogen-bond donors (Lipinski definition) is 4. The van der Waals surface area contributed by atoms with Gasteiger partial charge < -0.3 is 30.7 Å². The number of ether oxygens (including phenoxy) is 2. The van der Waals surface area contributed by atoms with E-state index < -0.39 is 24.3 Å². The van der Waals surface area contributed by atoms with Gasteiger partial charge in [-0.05, 0) is 42.2 Å². The second-order valence-corrected chi connectivity index (χ2v) is 10.8. The summed E-state index contributed by atoms with van der Waals surface area (Å²) < 4.78 is 10.6. The molecule has 0 aromatic heterocycles. The van der Waals surface area contributed by atoms with Crippen LogP contribution in [0.25, 0.3) is 0 Å². The average Bonchev–Trinajstić information content (AvgIpc) is 3.03. The Kier molecular flexibility index (Phi) is 16.3. The quantitative estimate of drug-likeness (QED) is 0.178. The van der Waals surface area contributed by atoms with Crippen LogP contribution in [-0.2, 0) is 32.3 Å². The normalized spacial score (nSPS) is 13.5. The van der Waals surface area contributed by atoms with Crippen LogP contribution in [0.15, 0.2) is 60.7 Å². The molecule has 0 aliphatic rings. The third kappa shape index (κ3) is 13.6. The van der Waals surface area contributed by atoms with Gasteiger partial charge in [0.15, 0.2) is 0 Å². The molecule has 4 atom stereocenters. The van der Waals surface area contributed by atoms with E-state index in [0.29, 0.717) is 38.8 Å². The number of rotatable bonds is 18. The number of hydrogen-bond acceptors (Lipinski definition) is 6. The van der Waals surface area contributed by atoms with E-state index in [1.165, 1.54) is 0 Å². The van der Waals surface area contributed by atoms with E-state index in [0.717, 1.165) is 17.5 Å². The molecule has 0 radical (unpaired) electrons. The highest BCUT2D eigenvalue weighted by Crippen LogP contribution is 2.11. The molecule has 4 amide bonds. The molecule has 2 aromatic rings. The Labute approximate surface area is 255 Å². The number of nitrogens with one attached hydrogen (secondary N) is 4. The van der Waals surface area contributed by atoms with Crippen molar-refractivity contribution in [2.24, 2.45) is 11.8 Å². The molecule has 0 saturated carbocycles. The van der Waals surface area contributed by atoms with Gasteiger partial charge in [-0.25, -0.2) is 9.59 Å². The summed E-state index contributed by atoms with van der Waals surface area (Å²) in [5.74, 6) is -0.633. The monoisotopic (exact) mass is 596 g/mol. The average molecular weight is 597 g/mol. The van der Waals surface area contributed by atoms with Crippen LogP contribution in [0, 0.1) is 11.8 Å². The Morgan fingerprint density at radius 1 is 0.605 bits per heavy atom. The highest BCUT2D eigenvalue weighted by Gasteiger charge is 2.27. The van der Waals surface area contributed by atoms with Crippen LogP contribution in [0.4, 0.5) is 9.59 Å². The molecule has 43 heavy (non-hydrogen) atoms. The number of benzene rings is 2. The van der Waals surface area contributed by atoms with Crippen LogP contribution in [0.1, 0.15) is 70.9 Å². The molecule has 2 aromatic carbocycles. The van der Waals surface area contributed by atoms with Crippen LogP contribution in [-0.4, -0.2) is 49.2 Å². The lowest BCUT2D eigenvalue weighted by molar-refractivity contribution is -0.124. The zero-order valence-electron chi connectivity index (χ0n) is 25.9. The zero-order chi connectivity index (χ0) is 31.5. The molecule has 0 fully saturated rings. The van der Waals surface area contributed by atoms with Crippen molar-refractivity contribution in [3.05, 3.63) is 71.8 Å². The fourth-order valence-electron chi connectivity index (χ4n) is 4.26. The third-order valence-electron chi connectivity index (χ3n) is 7.42. The standard InChI is InChI=1S/C33H48N4O6/c1-5-24(3)28(36-32(40)42-22-26-16-10-7-11-17-26)30(38)34-20-14-9-15-21-35-31(39)29(25(4)6-2)37-33(41)43-23-27-18-12-8-13-19-27/h7-8,10-13,16-19,24-25,28-29H,5-6,9,14-15,20-23H2,1-4H3,(H,34,38)(H,35,39)(H,36,40)(H,37,41). The van der Waals surface area contributed by atoms with Crippen LogP contribution >= 0.6 is 0 Å². The Balaban J connectivity index is 1.68. The highest BCUT2D eigenvalue weighted by atomic mass is 16.6. The van der Waals surface area contributed by atoms with Crippen molar-refractivity contribution in [3.8, 4) is 0 Å². The predicted molar refractivity (Wildman–Crippen MR) is 166 cm³/mol. The van der Waals surface area contributed by atoms with E-state index >= 15 is 0 Å². The molecule has 0 spiro atoms. The van der Waals surface area contributed by atoms with Gasteiger partial charge in [-0.1, -0.05) is 101 Å². The first-order valence-corrected chi connectivity index (χ1v) is 15.2. The Morgan fingerprint density at radius 2 is 0.977 bits per heavy atom. The summed E-state index contributed by atoms with van der Waals surface area (Å²) in [5, 5.41) is 11.2. The minimum Gasteiger partial charge on any atom is -0.445 e. The molecule has 10 nitrogen and oxygen atoms in total. The lowest BCUT2D eigenvalue weighted by Gasteiger charge is -2.23. The van der Waals surface area contributed by atoms with E-state index in [-0.39, 0.29) is 36.9 Å². The first-order chi connectivity index (χ1) is 20.7. The van der Waals surface area contributed by atoms with Gasteiger partial charge in [0.05, 0.1) is 0 Å². The molecule has 2 rings (SSSR count). The summed E-state index contributed by atoms with van der Waals surface area (Å²) in [4.78, 5) is 50.3. The molecule has 0 bridgehead atoms. The van der Waals surface area contributed by atoms with Crippen molar-refractivity contribution in [2.45, 2.75) is 85.1 Å². The predicted octanol–water partition coefficient (Wildman–Crippen LogP) is 5.07. The largest absolute Gasteiger partial charge is 0.445 e. The van der Waals surface area contributed by atoms with Gasteiger partial charge in [0.25, 0.3) is 0 Å². The molecule has 4 unspecified atom stereocenters. The summed E-state index contributed by atoms with van der Waals surface area (Å²) >= 11 is 0. The van der Waals surface area contributed by atoms with E-state index in [2.05, 4.69) is 21.3 Å². The van der Waals surface area contributed by atoms with Crippen LogP contribution in [0.2, 0.25) is 0 Å². The lowest BCUT2D eigenvalue weighted by Crippen LogP contribution is -2.50. The number of amides is 4. The molecule has 0 heterocycles. The molecule has 4 N–H and O–H groups in total. The summed E-state index contributed by atoms with van der Waals surface area (Å²) in [6.45, 7) is 8.91. The van der Waals surface area contributed by atoms with Gasteiger partial charge in [0.2, 0.25) is 11.8 Å². The fourth-order valence-corrected chi connectivity index (χ4v) is 4.26. The maximum Gasteiger partial charge on any atom is 0.408 e. The summed E-state index contributed by atoms with van der Waals surface area (Å²) in [6, 6.07) is 17.3. The molecule has 236 valence electrons. The van der Waals surface area contributed by atoms with Crippen molar-refractivity contribution in [2.75, 3.05) is 13.1 Å². The summed E-state index contributed by atoms with van der Waals surface area (Å²) in [5.41, 5.74) is 1.73. The lowest BCUT2D eigenvalue weighted by atomic mass is 9.98. The van der Waals surface area contributed by atoms with E-state index in [1.54, 1.807) is 0 Å². The Morgan fingerprint density at radius 3 is 1.33 bits per heavy atom. The van der Waals surface area contributed by atoms with Crippen LogP contribution < -0.4 is 21.3 Å². The molecular weight excluding hydrogens is 548 g/mol. The second kappa shape index (κ2) is 19.9. The first kappa shape index (κ1) is 35.1. The molecule has 0 aliphatic carbocycles. The van der Waals surface area contributed by atoms with Gasteiger partial charge >= 0.3 is 12.2 Å². The third-order valence-corrected chi connectivity index (χ3v) is 7.42. The first-order valence-electron chi connectivity index (χ1n) is 15.2. The van der Waals surface area contributed by atoms with Crippen molar-refractivity contribution in [1.29, 1.82) is 0 Å². The Hall–Kier alpha value is -4.08. The highest BCUT2D eigenvalue weighted by molar-refractivity contribution is 5.86. The van der Waals surface area contributed by atoms with Crippen LogP contribution in [0.5, 0.6) is 0 Å². The van der Waals surface area contributed by atoms with E-state index in [4.69, 9.17) is 9.47 Å². The fraction of sp³-hybridized carbons (Fsp3) is 0.515. The van der Waals surface area contributed by atoms with Gasteiger partial charge in [-0.15, -0.1) is 0 Å². The molecular formula is C33H48N4O6. The zero-order valence-corrected chi connectivity index (χ0v) is 25.9. The maximum absolute atomic E-state index is 12.8. The summed E-state index contributed by atoms with van der Waals surface area (Å²) in [7, 11) is 0. The van der Waals surface area contributed by atoms with Crippen LogP contribution in [0.3, 0.4) is 0 Å². The SMILES string of the molecule is CCC(C)C(NC(=O)OCc1ccccc1)C(=O)NCCCCCNC(=O)C(NC(=O)OCc1ccccc1)C(C)CC. The van der Waals surface area contributed by atoms with Crippen molar-refractivity contribution in [1.82, 2.24) is 21.3 Å². The van der Waals surface area contributed by atoms with Crippen molar-refractivity contribution in [3.63, 3.8) is 0 Å². The minimum absolute atomic E-state index is 0.0674. The second-order valence-electron chi connectivity index (χ2n) is 10.8. The van der Waals surface area contributed by atoms with Gasteiger partial charge in [0.1, 0.15) is 25.3 Å². The van der Waals surface area contributed by atoms with Gasteiger partial charge in [-0.3, -0.25) is 9.59 Å². The van der Waals surface area contributed by atoms with Gasteiger partial charge in [-0.2, -0.15) is 0 Å². The number of carbonyl (C=O) groups is 4. The number of unbranched alkanes of at least 4 members (excludes halogenated alkanes) is 2. The maximum atomic E-state index is 12.8. The van der Waals surface area contributed by atoms with E-state index in [9.17, 15) is 19.2 Å².